The average Bonchev–Trinajstić information content (AvgIpc) is 2.72. The summed E-state index contributed by atoms with van der Waals surface area (Å²) in [6.07, 6.45) is 4.55. The molecule has 7 nitrogen and oxygen atoms in total. The molecule has 1 aliphatic heterocycles. The number of amides is 1. The molecule has 2 aromatic rings. The number of rotatable bonds is 4. The summed E-state index contributed by atoms with van der Waals surface area (Å²) in [7, 11) is 0. The van der Waals surface area contributed by atoms with Gasteiger partial charge in [-0.2, -0.15) is 0 Å². The minimum atomic E-state index is -0.573. The first-order valence-electron chi connectivity index (χ1n) is 9.53. The van der Waals surface area contributed by atoms with Gasteiger partial charge in [0.2, 0.25) is 0 Å². The standard InChI is InChI=1S/C21H22N2O5/c1-13(15-7-6-14-4-2-3-5-16(14)10-15)22-21(24)17-11-19-20(28-9-8-27-19)12-18(17)23(25)26/h6-7,10-13H,2-5,8-9H2,1H3,(H,22,24). The normalized spacial score (nSPS) is 16.0. The fourth-order valence-corrected chi connectivity index (χ4v) is 3.79. The van der Waals surface area contributed by atoms with Crippen molar-refractivity contribution in [3.8, 4) is 11.5 Å². The molecule has 28 heavy (non-hydrogen) atoms. The predicted octanol–water partition coefficient (Wildman–Crippen LogP) is 3.74. The molecule has 0 saturated carbocycles. The van der Waals surface area contributed by atoms with Crippen molar-refractivity contribution >= 4 is 11.6 Å². The predicted molar refractivity (Wildman–Crippen MR) is 103 cm³/mol. The minimum absolute atomic E-state index is 0.0286. The molecule has 0 radical (unpaired) electrons. The van der Waals surface area contributed by atoms with Crippen LogP contribution in [0.15, 0.2) is 30.3 Å². The molecular formula is C21H22N2O5. The molecule has 0 bridgehead atoms. The van der Waals surface area contributed by atoms with E-state index >= 15 is 0 Å². The molecular weight excluding hydrogens is 360 g/mol. The van der Waals surface area contributed by atoms with Gasteiger partial charge in [0, 0.05) is 6.07 Å². The van der Waals surface area contributed by atoms with Gasteiger partial charge in [0.25, 0.3) is 11.6 Å². The minimum Gasteiger partial charge on any atom is -0.486 e. The van der Waals surface area contributed by atoms with Gasteiger partial charge in [-0.25, -0.2) is 0 Å². The van der Waals surface area contributed by atoms with Crippen LogP contribution in [-0.4, -0.2) is 24.0 Å². The van der Waals surface area contributed by atoms with Gasteiger partial charge in [0.05, 0.1) is 17.0 Å². The Morgan fingerprint density at radius 1 is 1.07 bits per heavy atom. The Morgan fingerprint density at radius 3 is 2.46 bits per heavy atom. The van der Waals surface area contributed by atoms with Crippen LogP contribution in [0.25, 0.3) is 0 Å². The van der Waals surface area contributed by atoms with Crippen molar-refractivity contribution in [2.45, 2.75) is 38.6 Å². The number of nitrogens with one attached hydrogen (secondary N) is 1. The Bertz CT molecular complexity index is 941. The quantitative estimate of drug-likeness (QED) is 0.643. The van der Waals surface area contributed by atoms with Crippen molar-refractivity contribution < 1.29 is 19.2 Å². The summed E-state index contributed by atoms with van der Waals surface area (Å²) in [5.41, 5.74) is 3.37. The lowest BCUT2D eigenvalue weighted by molar-refractivity contribution is -0.385. The largest absolute Gasteiger partial charge is 0.486 e. The van der Waals surface area contributed by atoms with Crippen LogP contribution in [0.3, 0.4) is 0 Å². The number of carbonyl (C=O) groups excluding carboxylic acids is 1. The number of nitro groups is 1. The van der Waals surface area contributed by atoms with E-state index in [2.05, 4.69) is 17.4 Å². The summed E-state index contributed by atoms with van der Waals surface area (Å²) in [6.45, 7) is 2.55. The second-order valence-corrected chi connectivity index (χ2v) is 7.20. The number of ether oxygens (including phenoxy) is 2. The first kappa shape index (κ1) is 18.3. The number of hydrogen-bond donors (Lipinski definition) is 1. The SMILES string of the molecule is CC(NC(=O)c1cc2c(cc1[N+](=O)[O-])OCCO2)c1ccc2c(c1)CCCC2. The molecule has 0 spiro atoms. The van der Waals surface area contributed by atoms with E-state index in [9.17, 15) is 14.9 Å². The highest BCUT2D eigenvalue weighted by Crippen LogP contribution is 2.36. The number of fused-ring (bicyclic) bond motifs is 2. The Balaban J connectivity index is 1.58. The lowest BCUT2D eigenvalue weighted by atomic mass is 9.89. The van der Waals surface area contributed by atoms with E-state index in [1.807, 2.05) is 13.0 Å². The molecule has 0 saturated heterocycles. The lowest BCUT2D eigenvalue weighted by Crippen LogP contribution is -2.28. The zero-order chi connectivity index (χ0) is 19.7. The second-order valence-electron chi connectivity index (χ2n) is 7.20. The molecule has 1 heterocycles. The highest BCUT2D eigenvalue weighted by Gasteiger charge is 2.27. The smallest absolute Gasteiger partial charge is 0.286 e. The van der Waals surface area contributed by atoms with Crippen molar-refractivity contribution in [3.63, 3.8) is 0 Å². The third kappa shape index (κ3) is 3.52. The molecule has 0 fully saturated rings. The van der Waals surface area contributed by atoms with Gasteiger partial charge in [-0.15, -0.1) is 0 Å². The van der Waals surface area contributed by atoms with Gasteiger partial charge in [-0.3, -0.25) is 14.9 Å². The maximum atomic E-state index is 12.8. The van der Waals surface area contributed by atoms with Crippen molar-refractivity contribution in [2.24, 2.45) is 0 Å². The fraction of sp³-hybridized carbons (Fsp3) is 0.381. The maximum Gasteiger partial charge on any atom is 0.286 e. The number of aryl methyl sites for hydroxylation is 2. The third-order valence-electron chi connectivity index (χ3n) is 5.32. The maximum absolute atomic E-state index is 12.8. The Labute approximate surface area is 162 Å². The van der Waals surface area contributed by atoms with Crippen LogP contribution >= 0.6 is 0 Å². The first-order valence-corrected chi connectivity index (χ1v) is 9.53. The number of hydrogen-bond acceptors (Lipinski definition) is 5. The van der Waals surface area contributed by atoms with Gasteiger partial charge >= 0.3 is 0 Å². The summed E-state index contributed by atoms with van der Waals surface area (Å²) >= 11 is 0. The molecule has 7 heteroatoms. The molecule has 2 aromatic carbocycles. The number of nitrogens with zero attached hydrogens (tertiary/aromatic N) is 1. The van der Waals surface area contributed by atoms with E-state index in [0.717, 1.165) is 18.4 Å². The number of carbonyl (C=O) groups is 1. The second kappa shape index (κ2) is 7.50. The molecule has 1 amide bonds. The van der Waals surface area contributed by atoms with Crippen molar-refractivity contribution in [2.75, 3.05) is 13.2 Å². The van der Waals surface area contributed by atoms with E-state index in [4.69, 9.17) is 9.47 Å². The van der Waals surface area contributed by atoms with Crippen molar-refractivity contribution in [1.82, 2.24) is 5.32 Å². The van der Waals surface area contributed by atoms with Crippen LogP contribution in [0, 0.1) is 10.1 Å². The van der Waals surface area contributed by atoms with Crippen LogP contribution in [0.5, 0.6) is 11.5 Å². The van der Waals surface area contributed by atoms with Gasteiger partial charge in [0.1, 0.15) is 18.8 Å². The lowest BCUT2D eigenvalue weighted by Gasteiger charge is -2.21. The topological polar surface area (TPSA) is 90.7 Å². The molecule has 1 N–H and O–H groups in total. The van der Waals surface area contributed by atoms with Crippen LogP contribution in [0.1, 0.15) is 52.9 Å². The zero-order valence-electron chi connectivity index (χ0n) is 15.7. The molecule has 0 aromatic heterocycles. The van der Waals surface area contributed by atoms with Crippen molar-refractivity contribution in [1.29, 1.82) is 0 Å². The average molecular weight is 382 g/mol. The summed E-state index contributed by atoms with van der Waals surface area (Å²) < 4.78 is 10.9. The highest BCUT2D eigenvalue weighted by atomic mass is 16.6. The van der Waals surface area contributed by atoms with Gasteiger partial charge in [-0.05, 0) is 49.3 Å². The third-order valence-corrected chi connectivity index (χ3v) is 5.32. The van der Waals surface area contributed by atoms with Crippen molar-refractivity contribution in [3.05, 3.63) is 62.7 Å². The van der Waals surface area contributed by atoms with Gasteiger partial charge in [-0.1, -0.05) is 18.2 Å². The molecule has 146 valence electrons. The fourth-order valence-electron chi connectivity index (χ4n) is 3.79. The number of benzene rings is 2. The summed E-state index contributed by atoms with van der Waals surface area (Å²) in [4.78, 5) is 23.7. The summed E-state index contributed by atoms with van der Waals surface area (Å²) in [5, 5.41) is 14.3. The van der Waals surface area contributed by atoms with E-state index in [-0.39, 0.29) is 23.0 Å². The molecule has 4 rings (SSSR count). The Hall–Kier alpha value is -3.09. The summed E-state index contributed by atoms with van der Waals surface area (Å²) in [6, 6.07) is 8.66. The van der Waals surface area contributed by atoms with Crippen LogP contribution in [0.2, 0.25) is 0 Å². The van der Waals surface area contributed by atoms with Crippen LogP contribution < -0.4 is 14.8 Å². The first-order chi connectivity index (χ1) is 13.5. The van der Waals surface area contributed by atoms with E-state index in [0.29, 0.717) is 19.0 Å². The molecule has 1 unspecified atom stereocenters. The van der Waals surface area contributed by atoms with E-state index < -0.39 is 10.8 Å². The zero-order valence-corrected chi connectivity index (χ0v) is 15.7. The van der Waals surface area contributed by atoms with E-state index in [1.165, 1.54) is 36.1 Å². The molecule has 2 aliphatic rings. The van der Waals surface area contributed by atoms with Crippen LogP contribution in [0.4, 0.5) is 5.69 Å². The Kier molecular flexibility index (Phi) is 4.90. The van der Waals surface area contributed by atoms with Gasteiger partial charge < -0.3 is 14.8 Å². The molecule has 1 aliphatic carbocycles. The monoisotopic (exact) mass is 382 g/mol. The van der Waals surface area contributed by atoms with Gasteiger partial charge in [0.15, 0.2) is 11.5 Å². The van der Waals surface area contributed by atoms with Crippen LogP contribution in [-0.2, 0) is 12.8 Å². The van der Waals surface area contributed by atoms with E-state index in [1.54, 1.807) is 0 Å². The number of nitro benzene ring substituents is 1. The summed E-state index contributed by atoms with van der Waals surface area (Å²) in [5.74, 6) is 0.134. The molecule has 1 atom stereocenters. The Morgan fingerprint density at radius 2 is 1.75 bits per heavy atom. The highest BCUT2D eigenvalue weighted by molar-refractivity contribution is 5.99.